The molecule has 0 amide bonds. The van der Waals surface area contributed by atoms with E-state index in [2.05, 4.69) is 27.0 Å². The lowest BCUT2D eigenvalue weighted by Gasteiger charge is -2.28. The van der Waals surface area contributed by atoms with Gasteiger partial charge in [0, 0.05) is 13.0 Å². The molecule has 3 heterocycles. The smallest absolute Gasteiger partial charge is 0.176 e. The predicted octanol–water partition coefficient (Wildman–Crippen LogP) is 2.41. The Labute approximate surface area is 118 Å². The summed E-state index contributed by atoms with van der Waals surface area (Å²) < 4.78 is 8.32. The topological polar surface area (TPSA) is 52.0 Å². The first-order chi connectivity index (χ1) is 9.81. The molecule has 104 valence electrons. The normalized spacial score (nSPS) is 24.2. The van der Waals surface area contributed by atoms with Crippen LogP contribution in [0.15, 0.2) is 24.3 Å². The summed E-state index contributed by atoms with van der Waals surface area (Å²) in [6, 6.07) is 8.02. The van der Waals surface area contributed by atoms with Gasteiger partial charge in [0.1, 0.15) is 11.6 Å². The van der Waals surface area contributed by atoms with Crippen LogP contribution >= 0.6 is 0 Å². The molecule has 2 aliphatic heterocycles. The minimum absolute atomic E-state index is 0.0560. The molecule has 0 bridgehead atoms. The van der Waals surface area contributed by atoms with E-state index in [0.717, 1.165) is 42.6 Å². The molecule has 2 unspecified atom stereocenters. The van der Waals surface area contributed by atoms with E-state index >= 15 is 0 Å². The van der Waals surface area contributed by atoms with Gasteiger partial charge in [-0.25, -0.2) is 0 Å². The standard InChI is InChI=1S/C15H18N4O/c1-10-6-7-19-14(8-10)17-18-15(19)13-9-16-11-4-2-3-5-12(11)20-13/h2-5,10,13,16H,6-9H2,1H3. The van der Waals surface area contributed by atoms with Gasteiger partial charge in [0.2, 0.25) is 0 Å². The van der Waals surface area contributed by atoms with Crippen molar-refractivity contribution in [1.29, 1.82) is 0 Å². The van der Waals surface area contributed by atoms with Crippen LogP contribution in [0.2, 0.25) is 0 Å². The van der Waals surface area contributed by atoms with Gasteiger partial charge in [0.05, 0.1) is 12.2 Å². The summed E-state index contributed by atoms with van der Waals surface area (Å²) in [4.78, 5) is 0. The third-order valence-corrected chi connectivity index (χ3v) is 4.15. The Morgan fingerprint density at radius 3 is 3.15 bits per heavy atom. The summed E-state index contributed by atoms with van der Waals surface area (Å²) in [7, 11) is 0. The molecule has 0 spiro atoms. The first-order valence-corrected chi connectivity index (χ1v) is 7.23. The maximum atomic E-state index is 6.08. The van der Waals surface area contributed by atoms with Crippen molar-refractivity contribution in [2.75, 3.05) is 11.9 Å². The average molecular weight is 270 g/mol. The molecule has 4 rings (SSSR count). The van der Waals surface area contributed by atoms with E-state index in [1.807, 2.05) is 24.3 Å². The third kappa shape index (κ3) is 1.85. The Bertz CT molecular complexity index is 637. The van der Waals surface area contributed by atoms with Gasteiger partial charge in [-0.05, 0) is 24.5 Å². The van der Waals surface area contributed by atoms with Gasteiger partial charge in [0.25, 0.3) is 0 Å². The molecule has 2 atom stereocenters. The highest BCUT2D eigenvalue weighted by molar-refractivity contribution is 5.57. The molecule has 5 nitrogen and oxygen atoms in total. The molecule has 0 saturated carbocycles. The van der Waals surface area contributed by atoms with Crippen molar-refractivity contribution >= 4 is 5.69 Å². The summed E-state index contributed by atoms with van der Waals surface area (Å²) in [5.74, 6) is 3.64. The monoisotopic (exact) mass is 270 g/mol. The van der Waals surface area contributed by atoms with Crippen LogP contribution < -0.4 is 10.1 Å². The maximum Gasteiger partial charge on any atom is 0.176 e. The third-order valence-electron chi connectivity index (χ3n) is 4.15. The Morgan fingerprint density at radius 2 is 2.20 bits per heavy atom. The van der Waals surface area contributed by atoms with Crippen molar-refractivity contribution in [1.82, 2.24) is 14.8 Å². The lowest BCUT2D eigenvalue weighted by atomic mass is 10.0. The second-order valence-electron chi connectivity index (χ2n) is 5.71. The highest BCUT2D eigenvalue weighted by Crippen LogP contribution is 2.34. The first-order valence-electron chi connectivity index (χ1n) is 7.23. The van der Waals surface area contributed by atoms with E-state index in [0.29, 0.717) is 5.92 Å². The summed E-state index contributed by atoms with van der Waals surface area (Å²) >= 11 is 0. The van der Waals surface area contributed by atoms with Crippen LogP contribution in [0.3, 0.4) is 0 Å². The molecule has 0 fully saturated rings. The molecule has 0 radical (unpaired) electrons. The highest BCUT2D eigenvalue weighted by Gasteiger charge is 2.28. The number of ether oxygens (including phenoxy) is 1. The molecule has 20 heavy (non-hydrogen) atoms. The average Bonchev–Trinajstić information content (AvgIpc) is 2.89. The van der Waals surface area contributed by atoms with Gasteiger partial charge in [0.15, 0.2) is 11.9 Å². The summed E-state index contributed by atoms with van der Waals surface area (Å²) in [6.45, 7) is 4.01. The molecule has 2 aliphatic rings. The van der Waals surface area contributed by atoms with Crippen LogP contribution in [0.25, 0.3) is 0 Å². The van der Waals surface area contributed by atoms with Crippen LogP contribution in [-0.4, -0.2) is 21.3 Å². The number of para-hydroxylation sites is 2. The van der Waals surface area contributed by atoms with Gasteiger partial charge in [-0.2, -0.15) is 0 Å². The largest absolute Gasteiger partial charge is 0.478 e. The van der Waals surface area contributed by atoms with Gasteiger partial charge in [-0.1, -0.05) is 19.1 Å². The van der Waals surface area contributed by atoms with Crippen molar-refractivity contribution in [2.24, 2.45) is 5.92 Å². The summed E-state index contributed by atoms with van der Waals surface area (Å²) in [6.07, 6.45) is 2.15. The van der Waals surface area contributed by atoms with Crippen molar-refractivity contribution in [3.05, 3.63) is 35.9 Å². The number of nitrogens with one attached hydrogen (secondary N) is 1. The number of benzene rings is 1. The zero-order chi connectivity index (χ0) is 13.5. The van der Waals surface area contributed by atoms with Crippen LogP contribution in [0.5, 0.6) is 5.75 Å². The Hall–Kier alpha value is -2.04. The molecular formula is C15H18N4O. The number of rotatable bonds is 1. The van der Waals surface area contributed by atoms with E-state index < -0.39 is 0 Å². The fourth-order valence-electron chi connectivity index (χ4n) is 3.00. The number of fused-ring (bicyclic) bond motifs is 2. The maximum absolute atomic E-state index is 6.08. The zero-order valence-electron chi connectivity index (χ0n) is 11.5. The van der Waals surface area contributed by atoms with Crippen LogP contribution in [0.1, 0.15) is 31.1 Å². The fraction of sp³-hybridized carbons (Fsp3) is 0.467. The second-order valence-corrected chi connectivity index (χ2v) is 5.71. The molecule has 2 aromatic rings. The van der Waals surface area contributed by atoms with Crippen molar-refractivity contribution < 1.29 is 4.74 Å². The molecule has 1 aromatic carbocycles. The van der Waals surface area contributed by atoms with Gasteiger partial charge >= 0.3 is 0 Å². The first kappa shape index (κ1) is 11.8. The Morgan fingerprint density at radius 1 is 1.30 bits per heavy atom. The summed E-state index contributed by atoms with van der Waals surface area (Å²) in [5, 5.41) is 12.1. The fourth-order valence-corrected chi connectivity index (χ4v) is 3.00. The number of hydrogen-bond acceptors (Lipinski definition) is 4. The van der Waals surface area contributed by atoms with E-state index in [-0.39, 0.29) is 6.10 Å². The number of anilines is 1. The predicted molar refractivity (Wildman–Crippen MR) is 75.8 cm³/mol. The van der Waals surface area contributed by atoms with E-state index in [9.17, 15) is 0 Å². The van der Waals surface area contributed by atoms with Gasteiger partial charge in [-0.3, -0.25) is 0 Å². The number of nitrogens with zero attached hydrogens (tertiary/aromatic N) is 3. The van der Waals surface area contributed by atoms with Gasteiger partial charge < -0.3 is 14.6 Å². The number of aromatic nitrogens is 3. The van der Waals surface area contributed by atoms with Crippen molar-refractivity contribution in [2.45, 2.75) is 32.4 Å². The second kappa shape index (κ2) is 4.51. The Kier molecular flexibility index (Phi) is 2.65. The number of hydrogen-bond donors (Lipinski definition) is 1. The molecular weight excluding hydrogens is 252 g/mol. The lowest BCUT2D eigenvalue weighted by Crippen LogP contribution is -2.28. The minimum Gasteiger partial charge on any atom is -0.478 e. The summed E-state index contributed by atoms with van der Waals surface area (Å²) in [5.41, 5.74) is 1.05. The molecule has 1 N–H and O–H groups in total. The lowest BCUT2D eigenvalue weighted by molar-refractivity contribution is 0.192. The van der Waals surface area contributed by atoms with Crippen LogP contribution in [0.4, 0.5) is 5.69 Å². The van der Waals surface area contributed by atoms with Crippen molar-refractivity contribution in [3.8, 4) is 5.75 Å². The highest BCUT2D eigenvalue weighted by atomic mass is 16.5. The SMILES string of the molecule is CC1CCn2c(nnc2C2CNc3ccccc3O2)C1. The van der Waals surface area contributed by atoms with Crippen molar-refractivity contribution in [3.63, 3.8) is 0 Å². The molecule has 0 aliphatic carbocycles. The van der Waals surface area contributed by atoms with E-state index in [1.165, 1.54) is 6.42 Å². The molecule has 5 heteroatoms. The van der Waals surface area contributed by atoms with Crippen LogP contribution in [0, 0.1) is 5.92 Å². The van der Waals surface area contributed by atoms with Gasteiger partial charge in [-0.15, -0.1) is 10.2 Å². The molecule has 0 saturated heterocycles. The van der Waals surface area contributed by atoms with Crippen LogP contribution in [-0.2, 0) is 13.0 Å². The minimum atomic E-state index is -0.0560. The van der Waals surface area contributed by atoms with E-state index in [4.69, 9.17) is 4.74 Å². The van der Waals surface area contributed by atoms with E-state index in [1.54, 1.807) is 0 Å². The quantitative estimate of drug-likeness (QED) is 0.864. The molecule has 1 aromatic heterocycles. The Balaban J connectivity index is 1.64. The zero-order valence-corrected chi connectivity index (χ0v) is 11.5.